The molecule has 0 unspecified atom stereocenters. The predicted octanol–water partition coefficient (Wildman–Crippen LogP) is 5.30. The monoisotopic (exact) mass is 389 g/mol. The van der Waals surface area contributed by atoms with Gasteiger partial charge in [-0.3, -0.25) is 4.79 Å². The smallest absolute Gasteiger partial charge is 0.297 e. The van der Waals surface area contributed by atoms with Gasteiger partial charge in [-0.1, -0.05) is 48.2 Å². The summed E-state index contributed by atoms with van der Waals surface area (Å²) in [6.45, 7) is 0. The second-order valence-corrected chi connectivity index (χ2v) is 7.52. The number of para-hydroxylation sites is 2. The lowest BCUT2D eigenvalue weighted by Gasteiger charge is -2.11. The quantitative estimate of drug-likeness (QED) is 0.502. The number of oxazole rings is 1. The molecule has 0 saturated heterocycles. The van der Waals surface area contributed by atoms with Crippen molar-refractivity contribution in [3.05, 3.63) is 78.4 Å². The Kier molecular flexibility index (Phi) is 5.04. The van der Waals surface area contributed by atoms with Crippen LogP contribution in [0.1, 0.15) is 10.4 Å². The van der Waals surface area contributed by atoms with Crippen molar-refractivity contribution in [3.63, 3.8) is 0 Å². The Morgan fingerprint density at radius 3 is 2.50 bits per heavy atom. The predicted molar refractivity (Wildman–Crippen MR) is 113 cm³/mol. The van der Waals surface area contributed by atoms with Crippen LogP contribution in [0.25, 0.3) is 11.1 Å². The molecule has 0 saturated carbocycles. The molecule has 1 aromatic heterocycles. The highest BCUT2D eigenvalue weighted by molar-refractivity contribution is 7.99. The van der Waals surface area contributed by atoms with Gasteiger partial charge < -0.3 is 14.6 Å². The molecule has 140 valence electrons. The van der Waals surface area contributed by atoms with Gasteiger partial charge in [0.1, 0.15) is 5.52 Å². The van der Waals surface area contributed by atoms with E-state index in [0.717, 1.165) is 15.5 Å². The van der Waals surface area contributed by atoms with Gasteiger partial charge in [0.2, 0.25) is 0 Å². The topological polar surface area (TPSA) is 58.4 Å². The van der Waals surface area contributed by atoms with Gasteiger partial charge in [0.25, 0.3) is 11.9 Å². The van der Waals surface area contributed by atoms with Crippen molar-refractivity contribution in [2.45, 2.75) is 9.79 Å². The second kappa shape index (κ2) is 7.78. The van der Waals surface area contributed by atoms with Crippen molar-refractivity contribution in [1.82, 2.24) is 4.98 Å². The molecule has 0 bridgehead atoms. The van der Waals surface area contributed by atoms with Gasteiger partial charge in [0, 0.05) is 23.9 Å². The van der Waals surface area contributed by atoms with E-state index in [1.807, 2.05) is 74.8 Å². The summed E-state index contributed by atoms with van der Waals surface area (Å²) in [6, 6.07) is 23.7. The number of fused-ring (bicyclic) bond motifs is 1. The van der Waals surface area contributed by atoms with Gasteiger partial charge in [-0.25, -0.2) is 0 Å². The van der Waals surface area contributed by atoms with E-state index in [1.54, 1.807) is 28.8 Å². The number of anilines is 2. The first kappa shape index (κ1) is 18.1. The first-order valence-electron chi connectivity index (χ1n) is 8.82. The van der Waals surface area contributed by atoms with Crippen molar-refractivity contribution >= 4 is 40.5 Å². The van der Waals surface area contributed by atoms with Crippen LogP contribution in [-0.4, -0.2) is 25.0 Å². The average Bonchev–Trinajstić information content (AvgIpc) is 3.15. The molecule has 0 aliphatic rings. The third kappa shape index (κ3) is 3.73. The van der Waals surface area contributed by atoms with Crippen molar-refractivity contribution in [1.29, 1.82) is 0 Å². The van der Waals surface area contributed by atoms with Gasteiger partial charge in [0.15, 0.2) is 5.58 Å². The number of nitrogens with one attached hydrogen (secondary N) is 1. The summed E-state index contributed by atoms with van der Waals surface area (Å²) >= 11 is 1.61. The van der Waals surface area contributed by atoms with Crippen molar-refractivity contribution < 1.29 is 9.21 Å². The number of amides is 1. The van der Waals surface area contributed by atoms with E-state index in [0.29, 0.717) is 22.7 Å². The molecular formula is C22H19N3O2S. The number of rotatable bonds is 5. The first-order chi connectivity index (χ1) is 13.6. The maximum atomic E-state index is 13.0. The molecule has 6 heteroatoms. The normalized spacial score (nSPS) is 10.8. The van der Waals surface area contributed by atoms with E-state index in [-0.39, 0.29) is 5.91 Å². The van der Waals surface area contributed by atoms with Gasteiger partial charge in [-0.2, -0.15) is 4.98 Å². The van der Waals surface area contributed by atoms with Gasteiger partial charge >= 0.3 is 0 Å². The van der Waals surface area contributed by atoms with Crippen LogP contribution in [0.15, 0.2) is 87.0 Å². The van der Waals surface area contributed by atoms with Crippen LogP contribution in [0.3, 0.4) is 0 Å². The van der Waals surface area contributed by atoms with Gasteiger partial charge in [-0.05, 0) is 36.4 Å². The molecule has 28 heavy (non-hydrogen) atoms. The molecular weight excluding hydrogens is 370 g/mol. The summed E-state index contributed by atoms with van der Waals surface area (Å²) in [6.07, 6.45) is 0. The minimum atomic E-state index is -0.217. The standard InChI is InChI=1S/C22H19N3O2S/c1-25(2)22-24-20-16(11-8-13-18(20)27-22)21(26)23-17-12-6-7-14-19(17)28-15-9-4-3-5-10-15/h3-14H,1-2H3,(H,23,26). The molecule has 5 nitrogen and oxygen atoms in total. The molecule has 0 aliphatic heterocycles. The Morgan fingerprint density at radius 2 is 1.71 bits per heavy atom. The third-order valence-corrected chi connectivity index (χ3v) is 5.22. The minimum absolute atomic E-state index is 0.217. The van der Waals surface area contributed by atoms with E-state index in [4.69, 9.17) is 4.42 Å². The Morgan fingerprint density at radius 1 is 0.964 bits per heavy atom. The molecule has 1 N–H and O–H groups in total. The molecule has 0 atom stereocenters. The molecule has 4 aromatic rings. The molecule has 1 amide bonds. The number of aromatic nitrogens is 1. The number of nitrogens with zero attached hydrogens (tertiary/aromatic N) is 2. The Hall–Kier alpha value is -3.25. The fourth-order valence-corrected chi connectivity index (χ4v) is 3.70. The van der Waals surface area contributed by atoms with Crippen LogP contribution >= 0.6 is 11.8 Å². The lowest BCUT2D eigenvalue weighted by atomic mass is 10.1. The molecule has 0 spiro atoms. The number of hydrogen-bond acceptors (Lipinski definition) is 5. The number of carbonyl (C=O) groups is 1. The first-order valence-corrected chi connectivity index (χ1v) is 9.63. The molecule has 3 aromatic carbocycles. The highest BCUT2D eigenvalue weighted by Crippen LogP contribution is 2.33. The summed E-state index contributed by atoms with van der Waals surface area (Å²) in [4.78, 5) is 21.3. The molecule has 0 fully saturated rings. The fourth-order valence-electron chi connectivity index (χ4n) is 2.78. The second-order valence-electron chi connectivity index (χ2n) is 6.41. The third-order valence-electron chi connectivity index (χ3n) is 4.14. The molecule has 0 aliphatic carbocycles. The maximum absolute atomic E-state index is 13.0. The number of benzene rings is 3. The summed E-state index contributed by atoms with van der Waals surface area (Å²) in [7, 11) is 3.70. The molecule has 0 radical (unpaired) electrons. The van der Waals surface area contributed by atoms with Gasteiger partial charge in [0.05, 0.1) is 11.3 Å². The van der Waals surface area contributed by atoms with E-state index < -0.39 is 0 Å². The Labute approximate surface area is 167 Å². The zero-order chi connectivity index (χ0) is 19.5. The maximum Gasteiger partial charge on any atom is 0.297 e. The van der Waals surface area contributed by atoms with E-state index in [1.165, 1.54) is 0 Å². The molecule has 4 rings (SSSR count). The van der Waals surface area contributed by atoms with E-state index >= 15 is 0 Å². The van der Waals surface area contributed by atoms with Crippen LogP contribution in [0, 0.1) is 0 Å². The van der Waals surface area contributed by atoms with Crippen molar-refractivity contribution in [2.75, 3.05) is 24.3 Å². The summed E-state index contributed by atoms with van der Waals surface area (Å²) in [5.41, 5.74) is 2.38. The molecule has 1 heterocycles. The zero-order valence-electron chi connectivity index (χ0n) is 15.5. The summed E-state index contributed by atoms with van der Waals surface area (Å²) in [5, 5.41) is 3.02. The van der Waals surface area contributed by atoms with Crippen molar-refractivity contribution in [2.24, 2.45) is 0 Å². The van der Waals surface area contributed by atoms with Crippen LogP contribution in [-0.2, 0) is 0 Å². The highest BCUT2D eigenvalue weighted by atomic mass is 32.2. The van der Waals surface area contributed by atoms with Crippen LogP contribution < -0.4 is 10.2 Å². The minimum Gasteiger partial charge on any atom is -0.423 e. The fraction of sp³-hybridized carbons (Fsp3) is 0.0909. The Balaban J connectivity index is 1.64. The lowest BCUT2D eigenvalue weighted by Crippen LogP contribution is -2.13. The number of carbonyl (C=O) groups excluding carboxylic acids is 1. The van der Waals surface area contributed by atoms with Crippen molar-refractivity contribution in [3.8, 4) is 0 Å². The SMILES string of the molecule is CN(C)c1nc2c(C(=O)Nc3ccccc3Sc3ccccc3)cccc2o1. The van der Waals surface area contributed by atoms with Crippen LogP contribution in [0.2, 0.25) is 0 Å². The summed E-state index contributed by atoms with van der Waals surface area (Å²) in [5.74, 6) is -0.217. The lowest BCUT2D eigenvalue weighted by molar-refractivity contribution is 0.102. The van der Waals surface area contributed by atoms with Crippen LogP contribution in [0.5, 0.6) is 0 Å². The van der Waals surface area contributed by atoms with E-state index in [2.05, 4.69) is 10.3 Å². The Bertz CT molecular complexity index is 1120. The van der Waals surface area contributed by atoms with Crippen LogP contribution in [0.4, 0.5) is 11.7 Å². The number of hydrogen-bond donors (Lipinski definition) is 1. The zero-order valence-corrected chi connectivity index (χ0v) is 16.4. The average molecular weight is 389 g/mol. The van der Waals surface area contributed by atoms with Gasteiger partial charge in [-0.15, -0.1) is 0 Å². The largest absolute Gasteiger partial charge is 0.423 e. The summed E-state index contributed by atoms with van der Waals surface area (Å²) < 4.78 is 5.70. The van der Waals surface area contributed by atoms with E-state index in [9.17, 15) is 4.79 Å². The highest BCUT2D eigenvalue weighted by Gasteiger charge is 2.17.